The van der Waals surface area contributed by atoms with Crippen LogP contribution in [0.2, 0.25) is 0 Å². The molecule has 2 aromatic carbocycles. The number of thioether (sulfide) groups is 1. The van der Waals surface area contributed by atoms with Crippen LogP contribution in [0.15, 0.2) is 92.6 Å². The normalized spacial score (nSPS) is 18.0. The molecule has 1 fully saturated rings. The van der Waals surface area contributed by atoms with E-state index in [9.17, 15) is 18.1 Å². The van der Waals surface area contributed by atoms with Crippen molar-refractivity contribution in [3.63, 3.8) is 0 Å². The lowest BCUT2D eigenvalue weighted by atomic mass is 9.86. The molecule has 0 amide bonds. The standard InChI is InChI=1S/C39H44F3N4O8PS/c1-6-17-51-55(48,52-18-7-2)53-19-16-38(4,5)37(47)54-39(25-46-27-44-26-45-46,33-15-14-31(40)21-35(33)42)28(3)56-32-23-49-36(50-24-32)11-9-8-10-30-13-12-29(22-43)20-34(30)41/h6-15,20-21,26-28,32,36H,1-2,16-19,23-25H2,3-5H3/b10-8+,11-9+/t28-,32-,36-,39-/m1/s1. The third-order valence-electron chi connectivity index (χ3n) is 8.49. The Hall–Kier alpha value is -4.33. The summed E-state index contributed by atoms with van der Waals surface area (Å²) in [6.45, 7) is 11.7. The first-order valence-corrected chi connectivity index (χ1v) is 19.8. The molecule has 0 unspecified atom stereocenters. The lowest BCUT2D eigenvalue weighted by Gasteiger charge is -2.42. The van der Waals surface area contributed by atoms with Crippen molar-refractivity contribution >= 4 is 31.6 Å². The number of allylic oxidation sites excluding steroid dienone is 2. The highest BCUT2D eigenvalue weighted by molar-refractivity contribution is 8.00. The summed E-state index contributed by atoms with van der Waals surface area (Å²) in [5, 5.41) is 12.1. The zero-order valence-electron chi connectivity index (χ0n) is 31.2. The van der Waals surface area contributed by atoms with Crippen molar-refractivity contribution in [3.8, 4) is 6.07 Å². The second-order valence-electron chi connectivity index (χ2n) is 13.1. The number of hydrogen-bond acceptors (Lipinski definition) is 12. The van der Waals surface area contributed by atoms with Crippen molar-refractivity contribution < 1.29 is 50.3 Å². The van der Waals surface area contributed by atoms with Gasteiger partial charge in [0.25, 0.3) is 0 Å². The fraction of sp³-hybridized carbons (Fsp3) is 0.385. The van der Waals surface area contributed by atoms with Crippen molar-refractivity contribution in [2.45, 2.75) is 56.1 Å². The predicted octanol–water partition coefficient (Wildman–Crippen LogP) is 8.08. The zero-order chi connectivity index (χ0) is 40.8. The second kappa shape index (κ2) is 20.7. The number of phosphoric acid groups is 1. The molecule has 0 saturated carbocycles. The molecular weight excluding hydrogens is 772 g/mol. The number of carbonyl (C=O) groups excluding carboxylic acids is 1. The van der Waals surface area contributed by atoms with Gasteiger partial charge in [-0.1, -0.05) is 36.4 Å². The maximum Gasteiger partial charge on any atom is 0.475 e. The molecule has 1 aliphatic rings. The Labute approximate surface area is 328 Å². The molecule has 2 heterocycles. The molecule has 4 rings (SSSR count). The van der Waals surface area contributed by atoms with E-state index in [1.165, 1.54) is 59.4 Å². The summed E-state index contributed by atoms with van der Waals surface area (Å²) in [6.07, 6.45) is 11.1. The molecule has 0 aliphatic carbocycles. The number of hydrogen-bond donors (Lipinski definition) is 0. The third-order valence-corrected chi connectivity index (χ3v) is 11.4. The van der Waals surface area contributed by atoms with Crippen LogP contribution in [0, 0.1) is 34.2 Å². The summed E-state index contributed by atoms with van der Waals surface area (Å²) in [6, 6.07) is 9.10. The van der Waals surface area contributed by atoms with E-state index in [0.29, 0.717) is 11.6 Å². The Balaban J connectivity index is 1.52. The number of rotatable bonds is 21. The van der Waals surface area contributed by atoms with E-state index < -0.39 is 53.8 Å². The van der Waals surface area contributed by atoms with E-state index >= 15 is 4.39 Å². The van der Waals surface area contributed by atoms with Crippen LogP contribution < -0.4 is 0 Å². The number of phosphoric ester groups is 1. The molecule has 0 bridgehead atoms. The number of carbonyl (C=O) groups is 1. The van der Waals surface area contributed by atoms with Crippen molar-refractivity contribution in [2.75, 3.05) is 33.0 Å². The van der Waals surface area contributed by atoms with Gasteiger partial charge in [-0.25, -0.2) is 27.4 Å². The Bertz CT molecular complexity index is 1930. The van der Waals surface area contributed by atoms with Gasteiger partial charge in [0.15, 0.2) is 11.9 Å². The molecule has 300 valence electrons. The molecule has 1 aliphatic heterocycles. The van der Waals surface area contributed by atoms with Crippen LogP contribution in [0.25, 0.3) is 6.08 Å². The highest BCUT2D eigenvalue weighted by atomic mass is 32.2. The lowest BCUT2D eigenvalue weighted by Crippen LogP contribution is -2.49. The molecule has 17 heteroatoms. The van der Waals surface area contributed by atoms with Crippen LogP contribution in [0.5, 0.6) is 0 Å². The second-order valence-corrected chi connectivity index (χ2v) is 16.4. The van der Waals surface area contributed by atoms with Gasteiger partial charge in [0.2, 0.25) is 0 Å². The average molecular weight is 817 g/mol. The monoisotopic (exact) mass is 816 g/mol. The van der Waals surface area contributed by atoms with E-state index in [0.717, 1.165) is 12.1 Å². The predicted molar refractivity (Wildman–Crippen MR) is 204 cm³/mol. The van der Waals surface area contributed by atoms with E-state index in [1.807, 2.05) is 6.07 Å². The molecular formula is C39H44F3N4O8PS. The van der Waals surface area contributed by atoms with Crippen LogP contribution in [0.1, 0.15) is 43.9 Å². The van der Waals surface area contributed by atoms with E-state index in [1.54, 1.807) is 45.1 Å². The topological polar surface area (TPSA) is 144 Å². The first-order chi connectivity index (χ1) is 26.7. The van der Waals surface area contributed by atoms with Crippen LogP contribution in [0.3, 0.4) is 0 Å². The van der Waals surface area contributed by atoms with E-state index in [4.69, 9.17) is 33.0 Å². The Morgan fingerprint density at radius 3 is 2.41 bits per heavy atom. The highest BCUT2D eigenvalue weighted by Crippen LogP contribution is 2.50. The van der Waals surface area contributed by atoms with Crippen LogP contribution in [-0.4, -0.2) is 70.6 Å². The van der Waals surface area contributed by atoms with Gasteiger partial charge in [-0.2, -0.15) is 10.4 Å². The third kappa shape index (κ3) is 12.3. The molecule has 2 atom stereocenters. The summed E-state index contributed by atoms with van der Waals surface area (Å²) >= 11 is 1.32. The Morgan fingerprint density at radius 2 is 1.80 bits per heavy atom. The number of nitrogens with zero attached hydrogens (tertiary/aromatic N) is 4. The van der Waals surface area contributed by atoms with Crippen molar-refractivity contribution in [1.82, 2.24) is 14.8 Å². The molecule has 3 aromatic rings. The van der Waals surface area contributed by atoms with Crippen LogP contribution in [0.4, 0.5) is 13.2 Å². The van der Waals surface area contributed by atoms with Crippen molar-refractivity contribution in [3.05, 3.63) is 127 Å². The van der Waals surface area contributed by atoms with Crippen molar-refractivity contribution in [2.24, 2.45) is 5.41 Å². The van der Waals surface area contributed by atoms with E-state index in [2.05, 4.69) is 23.2 Å². The number of aromatic nitrogens is 3. The molecule has 0 radical (unpaired) electrons. The lowest BCUT2D eigenvalue weighted by molar-refractivity contribution is -0.175. The largest absolute Gasteiger partial charge is 0.475 e. The van der Waals surface area contributed by atoms with Crippen molar-refractivity contribution in [1.29, 1.82) is 5.26 Å². The molecule has 0 spiro atoms. The fourth-order valence-electron chi connectivity index (χ4n) is 5.34. The smallest absolute Gasteiger partial charge is 0.450 e. The summed E-state index contributed by atoms with van der Waals surface area (Å²) in [7, 11) is -4.03. The van der Waals surface area contributed by atoms with Gasteiger partial charge in [0.1, 0.15) is 30.1 Å². The van der Waals surface area contributed by atoms with Gasteiger partial charge in [0, 0.05) is 22.4 Å². The number of benzene rings is 2. The summed E-state index contributed by atoms with van der Waals surface area (Å²) in [4.78, 5) is 18.2. The number of esters is 1. The molecule has 56 heavy (non-hydrogen) atoms. The van der Waals surface area contributed by atoms with Gasteiger partial charge >= 0.3 is 13.8 Å². The zero-order valence-corrected chi connectivity index (χ0v) is 32.9. The fourth-order valence-corrected chi connectivity index (χ4v) is 7.82. The van der Waals surface area contributed by atoms with Gasteiger partial charge in [-0.05, 0) is 57.5 Å². The van der Waals surface area contributed by atoms with Crippen LogP contribution in [-0.2, 0) is 49.3 Å². The van der Waals surface area contributed by atoms with Gasteiger partial charge in [-0.15, -0.1) is 24.9 Å². The first kappa shape index (κ1) is 44.4. The Morgan fingerprint density at radius 1 is 1.09 bits per heavy atom. The van der Waals surface area contributed by atoms with Crippen LogP contribution >= 0.6 is 19.6 Å². The minimum absolute atomic E-state index is 0.0195. The minimum atomic E-state index is -4.03. The highest BCUT2D eigenvalue weighted by Gasteiger charge is 2.49. The molecule has 0 N–H and O–H groups in total. The number of ether oxygens (including phenoxy) is 3. The summed E-state index contributed by atoms with van der Waals surface area (Å²) < 4.78 is 93.0. The quantitative estimate of drug-likeness (QED) is 0.0444. The summed E-state index contributed by atoms with van der Waals surface area (Å²) in [5.74, 6) is -3.05. The van der Waals surface area contributed by atoms with Gasteiger partial charge in [0.05, 0.1) is 61.9 Å². The molecule has 12 nitrogen and oxygen atoms in total. The molecule has 1 aromatic heterocycles. The Kier molecular flexibility index (Phi) is 16.4. The first-order valence-electron chi connectivity index (χ1n) is 17.4. The molecule has 1 saturated heterocycles. The van der Waals surface area contributed by atoms with Gasteiger partial charge < -0.3 is 14.2 Å². The maximum atomic E-state index is 15.9. The summed E-state index contributed by atoms with van der Waals surface area (Å²) in [5.41, 5.74) is -2.66. The number of nitriles is 1. The van der Waals surface area contributed by atoms with E-state index in [-0.39, 0.29) is 62.4 Å². The minimum Gasteiger partial charge on any atom is -0.450 e. The van der Waals surface area contributed by atoms with Gasteiger partial charge in [-0.3, -0.25) is 18.4 Å². The maximum absolute atomic E-state index is 15.9. The average Bonchev–Trinajstić information content (AvgIpc) is 3.68. The number of halogens is 3. The SMILES string of the molecule is C=CCOP(=O)(OCC=C)OCCC(C)(C)C(=O)O[C@@](Cn1cncn1)(c1ccc(F)cc1F)[C@@H](C)S[C@H]1CO[C@H](/C=C/C=C/c2ccc(C#N)cc2F)OC1.